The smallest absolute Gasteiger partial charge is 0.248 e. The molecule has 0 bridgehead atoms. The monoisotopic (exact) mass is 290 g/mol. The van der Waals surface area contributed by atoms with Gasteiger partial charge in [0.2, 0.25) is 11.8 Å². The summed E-state index contributed by atoms with van der Waals surface area (Å²) in [4.78, 5) is 25.2. The molecule has 2 amide bonds. The van der Waals surface area contributed by atoms with Crippen molar-refractivity contribution >= 4 is 11.8 Å². The van der Waals surface area contributed by atoms with Crippen molar-refractivity contribution in [3.8, 4) is 0 Å². The van der Waals surface area contributed by atoms with E-state index in [1.807, 2.05) is 37.3 Å². The molecule has 1 aromatic rings. The van der Waals surface area contributed by atoms with Gasteiger partial charge in [0.15, 0.2) is 0 Å². The summed E-state index contributed by atoms with van der Waals surface area (Å²) in [5.41, 5.74) is 6.38. The minimum Gasteiger partial charge on any atom is -0.369 e. The highest BCUT2D eigenvalue weighted by Gasteiger charge is 2.31. The zero-order chi connectivity index (χ0) is 15.2. The molecule has 0 unspecified atom stereocenters. The van der Waals surface area contributed by atoms with Crippen LogP contribution in [0.25, 0.3) is 0 Å². The Labute approximate surface area is 125 Å². The lowest BCUT2D eigenvalue weighted by Gasteiger charge is -2.36. The number of nitrogens with zero attached hydrogens (tertiary/aromatic N) is 1. The Morgan fingerprint density at radius 3 is 2.67 bits per heavy atom. The topological polar surface area (TPSA) is 72.6 Å². The molecule has 0 radical (unpaired) electrons. The number of rotatable bonds is 5. The Morgan fingerprint density at radius 1 is 1.29 bits per heavy atom. The molecular formula is C16H22N2O3. The third kappa shape index (κ3) is 4.29. The number of carbonyl (C=O) groups excluding carboxylic acids is 2. The number of benzene rings is 1. The van der Waals surface area contributed by atoms with E-state index in [0.29, 0.717) is 13.2 Å². The van der Waals surface area contributed by atoms with Crippen molar-refractivity contribution in [3.63, 3.8) is 0 Å². The third-order valence-electron chi connectivity index (χ3n) is 3.94. The molecular weight excluding hydrogens is 268 g/mol. The number of nitrogens with two attached hydrogens (primary N) is 1. The molecule has 5 heteroatoms. The molecule has 1 aromatic carbocycles. The number of amides is 2. The van der Waals surface area contributed by atoms with Crippen LogP contribution >= 0.6 is 0 Å². The zero-order valence-corrected chi connectivity index (χ0v) is 12.3. The van der Waals surface area contributed by atoms with Crippen LogP contribution in [0, 0.1) is 5.92 Å². The van der Waals surface area contributed by atoms with Gasteiger partial charge in [0.1, 0.15) is 6.61 Å². The van der Waals surface area contributed by atoms with Crippen molar-refractivity contribution in [2.45, 2.75) is 32.4 Å². The molecule has 114 valence electrons. The van der Waals surface area contributed by atoms with Crippen LogP contribution in [0.2, 0.25) is 0 Å². The molecule has 0 spiro atoms. The maximum atomic E-state index is 12.2. The zero-order valence-electron chi connectivity index (χ0n) is 12.3. The number of primary amides is 1. The molecule has 0 aliphatic carbocycles. The van der Waals surface area contributed by atoms with Crippen LogP contribution in [-0.4, -0.2) is 35.9 Å². The number of ether oxygens (including phenoxy) is 1. The van der Waals surface area contributed by atoms with E-state index < -0.39 is 0 Å². The lowest BCUT2D eigenvalue weighted by molar-refractivity contribution is -0.142. The predicted molar refractivity (Wildman–Crippen MR) is 79.2 cm³/mol. The summed E-state index contributed by atoms with van der Waals surface area (Å²) in [6.45, 7) is 2.84. The van der Waals surface area contributed by atoms with Crippen molar-refractivity contribution < 1.29 is 14.3 Å². The van der Waals surface area contributed by atoms with Crippen molar-refractivity contribution in [2.24, 2.45) is 11.7 Å². The molecule has 0 saturated carbocycles. The summed E-state index contributed by atoms with van der Waals surface area (Å²) in [5.74, 6) is -0.645. The van der Waals surface area contributed by atoms with E-state index in [1.165, 1.54) is 0 Å². The average Bonchev–Trinajstić information content (AvgIpc) is 2.48. The van der Waals surface area contributed by atoms with Crippen molar-refractivity contribution in [2.75, 3.05) is 13.2 Å². The van der Waals surface area contributed by atoms with E-state index in [-0.39, 0.29) is 30.4 Å². The second-order valence-electron chi connectivity index (χ2n) is 5.55. The molecule has 1 saturated heterocycles. The van der Waals surface area contributed by atoms with Crippen molar-refractivity contribution in [1.29, 1.82) is 0 Å². The van der Waals surface area contributed by atoms with E-state index in [1.54, 1.807) is 4.90 Å². The Balaban J connectivity index is 1.82. The summed E-state index contributed by atoms with van der Waals surface area (Å²) < 4.78 is 5.47. The van der Waals surface area contributed by atoms with Crippen LogP contribution in [0.4, 0.5) is 0 Å². The number of carbonyl (C=O) groups is 2. The first kappa shape index (κ1) is 15.5. The van der Waals surface area contributed by atoms with Gasteiger partial charge in [0.25, 0.3) is 0 Å². The van der Waals surface area contributed by atoms with Gasteiger partial charge in [-0.15, -0.1) is 0 Å². The fourth-order valence-electron chi connectivity index (χ4n) is 2.60. The van der Waals surface area contributed by atoms with Crippen LogP contribution in [0.3, 0.4) is 0 Å². The minimum atomic E-state index is -0.329. The quantitative estimate of drug-likeness (QED) is 0.888. The Kier molecular flexibility index (Phi) is 5.33. The van der Waals surface area contributed by atoms with Gasteiger partial charge in [0.05, 0.1) is 12.5 Å². The third-order valence-corrected chi connectivity index (χ3v) is 3.94. The summed E-state index contributed by atoms with van der Waals surface area (Å²) in [5, 5.41) is 0. The van der Waals surface area contributed by atoms with E-state index in [4.69, 9.17) is 10.5 Å². The van der Waals surface area contributed by atoms with Crippen molar-refractivity contribution in [1.82, 2.24) is 4.90 Å². The van der Waals surface area contributed by atoms with Crippen molar-refractivity contribution in [3.05, 3.63) is 35.9 Å². The lowest BCUT2D eigenvalue weighted by atomic mass is 9.93. The van der Waals surface area contributed by atoms with Crippen LogP contribution in [-0.2, 0) is 20.9 Å². The molecule has 21 heavy (non-hydrogen) atoms. The molecule has 5 nitrogen and oxygen atoms in total. The van der Waals surface area contributed by atoms with Gasteiger partial charge in [0, 0.05) is 12.6 Å². The second kappa shape index (κ2) is 7.22. The summed E-state index contributed by atoms with van der Waals surface area (Å²) in [6.07, 6.45) is 1.56. The summed E-state index contributed by atoms with van der Waals surface area (Å²) in [6, 6.07) is 9.85. The maximum Gasteiger partial charge on any atom is 0.248 e. The number of likely N-dealkylation sites (tertiary alicyclic amines) is 1. The Morgan fingerprint density at radius 2 is 2.00 bits per heavy atom. The second-order valence-corrected chi connectivity index (χ2v) is 5.55. The first-order valence-corrected chi connectivity index (χ1v) is 7.28. The van der Waals surface area contributed by atoms with Crippen LogP contribution in [0.15, 0.2) is 30.3 Å². The molecule has 1 aliphatic heterocycles. The SMILES string of the molecule is C[C@@H]1CC[C@@H](C(N)=O)CN1C(=O)COCc1ccccc1. The molecule has 1 heterocycles. The van der Waals surface area contributed by atoms with E-state index in [0.717, 1.165) is 18.4 Å². The van der Waals surface area contributed by atoms with Crippen LogP contribution in [0.5, 0.6) is 0 Å². The lowest BCUT2D eigenvalue weighted by Crippen LogP contribution is -2.49. The highest BCUT2D eigenvalue weighted by molar-refractivity contribution is 5.81. The Hall–Kier alpha value is -1.88. The molecule has 2 N–H and O–H groups in total. The first-order chi connectivity index (χ1) is 10.1. The highest BCUT2D eigenvalue weighted by Crippen LogP contribution is 2.21. The largest absolute Gasteiger partial charge is 0.369 e. The standard InChI is InChI=1S/C16H22N2O3/c1-12-7-8-14(16(17)20)9-18(12)15(19)11-21-10-13-5-3-2-4-6-13/h2-6,12,14H,7-11H2,1H3,(H2,17,20)/t12-,14-/m1/s1. The van der Waals surface area contributed by atoms with Gasteiger partial charge in [-0.1, -0.05) is 30.3 Å². The van der Waals surface area contributed by atoms with Gasteiger partial charge < -0.3 is 15.4 Å². The predicted octanol–water partition coefficient (Wildman–Crippen LogP) is 1.32. The molecule has 1 aliphatic rings. The Bertz CT molecular complexity index is 490. The summed E-state index contributed by atoms with van der Waals surface area (Å²) in [7, 11) is 0. The van der Waals surface area contributed by atoms with Gasteiger partial charge in [-0.2, -0.15) is 0 Å². The molecule has 1 fully saturated rings. The maximum absolute atomic E-state index is 12.2. The van der Waals surface area contributed by atoms with E-state index >= 15 is 0 Å². The molecule has 2 atom stereocenters. The number of piperidine rings is 1. The minimum absolute atomic E-state index is 0.0325. The van der Waals surface area contributed by atoms with Gasteiger partial charge in [-0.3, -0.25) is 9.59 Å². The number of hydrogen-bond donors (Lipinski definition) is 1. The van der Waals surface area contributed by atoms with Gasteiger partial charge >= 0.3 is 0 Å². The molecule has 0 aromatic heterocycles. The fraction of sp³-hybridized carbons (Fsp3) is 0.500. The molecule has 2 rings (SSSR count). The number of hydrogen-bond acceptors (Lipinski definition) is 3. The van der Waals surface area contributed by atoms with Gasteiger partial charge in [-0.05, 0) is 25.3 Å². The first-order valence-electron chi connectivity index (χ1n) is 7.28. The normalized spacial score (nSPS) is 22.0. The van der Waals surface area contributed by atoms with E-state index in [9.17, 15) is 9.59 Å². The summed E-state index contributed by atoms with van der Waals surface area (Å²) >= 11 is 0. The highest BCUT2D eigenvalue weighted by atomic mass is 16.5. The van der Waals surface area contributed by atoms with Gasteiger partial charge in [-0.25, -0.2) is 0 Å². The average molecular weight is 290 g/mol. The fourth-order valence-corrected chi connectivity index (χ4v) is 2.60. The van der Waals surface area contributed by atoms with Crippen LogP contribution < -0.4 is 5.73 Å². The van der Waals surface area contributed by atoms with E-state index in [2.05, 4.69) is 0 Å². The van der Waals surface area contributed by atoms with Crippen LogP contribution in [0.1, 0.15) is 25.3 Å².